The van der Waals surface area contributed by atoms with Gasteiger partial charge in [-0.1, -0.05) is 24.3 Å². The molecule has 7 heteroatoms. The smallest absolute Gasteiger partial charge is 0.257 e. The van der Waals surface area contributed by atoms with Gasteiger partial charge in [0.1, 0.15) is 17.1 Å². The van der Waals surface area contributed by atoms with Crippen LogP contribution >= 0.6 is 0 Å². The van der Waals surface area contributed by atoms with Gasteiger partial charge in [0.15, 0.2) is 0 Å². The highest BCUT2D eigenvalue weighted by molar-refractivity contribution is 5.98. The molecule has 1 atom stereocenters. The molecule has 1 aliphatic carbocycles. The number of hydrogen-bond donors (Lipinski definition) is 1. The zero-order chi connectivity index (χ0) is 23.2. The van der Waals surface area contributed by atoms with Gasteiger partial charge in [-0.15, -0.1) is 0 Å². The Morgan fingerprint density at radius 1 is 1.09 bits per heavy atom. The molecule has 0 saturated carbocycles. The first-order valence-electron chi connectivity index (χ1n) is 11.7. The largest absolute Gasteiger partial charge is 0.497 e. The molecule has 0 bridgehead atoms. The van der Waals surface area contributed by atoms with Gasteiger partial charge in [0.25, 0.3) is 11.5 Å². The number of benzene rings is 1. The van der Waals surface area contributed by atoms with Crippen molar-refractivity contribution in [2.24, 2.45) is 5.92 Å². The Kier molecular flexibility index (Phi) is 7.50. The summed E-state index contributed by atoms with van der Waals surface area (Å²) in [5, 5.41) is 3.00. The summed E-state index contributed by atoms with van der Waals surface area (Å²) in [5.74, 6) is 1.55. The van der Waals surface area contributed by atoms with Crippen molar-refractivity contribution in [3.63, 3.8) is 0 Å². The number of carbonyl (C=O) groups excluding carboxylic acids is 1. The molecule has 1 unspecified atom stereocenters. The number of nitrogens with zero attached hydrogens (tertiary/aromatic N) is 2. The molecule has 2 aromatic rings. The zero-order valence-corrected chi connectivity index (χ0v) is 19.5. The second-order valence-electron chi connectivity index (χ2n) is 8.76. The SMILES string of the molecule is COc1ccc(CNC(=O)c2c(OC)cc(=O)n3c2CCN(CC2CC=CCC2)CC3)cc1. The summed E-state index contributed by atoms with van der Waals surface area (Å²) in [5.41, 5.74) is 2.08. The first kappa shape index (κ1) is 23.1. The van der Waals surface area contributed by atoms with Crippen molar-refractivity contribution in [1.29, 1.82) is 0 Å². The number of methoxy groups -OCH3 is 2. The Hall–Kier alpha value is -3.06. The molecule has 2 aliphatic rings. The van der Waals surface area contributed by atoms with E-state index in [1.807, 2.05) is 24.3 Å². The number of nitrogens with one attached hydrogen (secondary N) is 1. The van der Waals surface area contributed by atoms with Crippen molar-refractivity contribution in [1.82, 2.24) is 14.8 Å². The number of aromatic nitrogens is 1. The minimum absolute atomic E-state index is 0.115. The van der Waals surface area contributed by atoms with Crippen LogP contribution in [0, 0.1) is 5.92 Å². The lowest BCUT2D eigenvalue weighted by molar-refractivity contribution is 0.0945. The fourth-order valence-corrected chi connectivity index (χ4v) is 4.78. The molecule has 1 aromatic heterocycles. The Morgan fingerprint density at radius 3 is 2.61 bits per heavy atom. The number of pyridine rings is 1. The molecule has 1 N–H and O–H groups in total. The number of carbonyl (C=O) groups is 1. The molecule has 7 nitrogen and oxygen atoms in total. The lowest BCUT2D eigenvalue weighted by Crippen LogP contribution is -2.33. The third-order valence-electron chi connectivity index (χ3n) is 6.64. The molecule has 1 aliphatic heterocycles. The maximum absolute atomic E-state index is 13.3. The van der Waals surface area contributed by atoms with E-state index in [1.165, 1.54) is 19.6 Å². The summed E-state index contributed by atoms with van der Waals surface area (Å²) in [6.45, 7) is 3.63. The van der Waals surface area contributed by atoms with Crippen LogP contribution in [0.5, 0.6) is 11.5 Å². The molecule has 0 spiro atoms. The van der Waals surface area contributed by atoms with Gasteiger partial charge in [-0.2, -0.15) is 0 Å². The fourth-order valence-electron chi connectivity index (χ4n) is 4.78. The Bertz CT molecular complexity index is 1060. The van der Waals surface area contributed by atoms with Crippen molar-refractivity contribution in [2.45, 2.75) is 38.8 Å². The van der Waals surface area contributed by atoms with Gasteiger partial charge in [-0.3, -0.25) is 9.59 Å². The predicted octanol–water partition coefficient (Wildman–Crippen LogP) is 3.01. The van der Waals surface area contributed by atoms with Gasteiger partial charge in [-0.25, -0.2) is 0 Å². The average molecular weight is 452 g/mol. The molecule has 2 heterocycles. The first-order valence-corrected chi connectivity index (χ1v) is 11.7. The van der Waals surface area contributed by atoms with Crippen LogP contribution in [0.3, 0.4) is 0 Å². The summed E-state index contributed by atoms with van der Waals surface area (Å²) in [7, 11) is 3.13. The van der Waals surface area contributed by atoms with Crippen LogP contribution in [-0.4, -0.2) is 49.2 Å². The molecule has 0 fully saturated rings. The molecule has 1 aromatic carbocycles. The van der Waals surface area contributed by atoms with E-state index in [4.69, 9.17) is 9.47 Å². The quantitative estimate of drug-likeness (QED) is 0.656. The number of ether oxygens (including phenoxy) is 2. The Balaban J connectivity index is 1.52. The van der Waals surface area contributed by atoms with Crippen LogP contribution in [0.25, 0.3) is 0 Å². The molecule has 33 heavy (non-hydrogen) atoms. The third-order valence-corrected chi connectivity index (χ3v) is 6.64. The monoisotopic (exact) mass is 451 g/mol. The fraction of sp³-hybridized carbons (Fsp3) is 0.462. The lowest BCUT2D eigenvalue weighted by atomic mass is 9.94. The third kappa shape index (κ3) is 5.47. The minimum atomic E-state index is -0.225. The highest BCUT2D eigenvalue weighted by atomic mass is 16.5. The molecule has 0 radical (unpaired) electrons. The summed E-state index contributed by atoms with van der Waals surface area (Å²) in [6, 6.07) is 9.02. The summed E-state index contributed by atoms with van der Waals surface area (Å²) >= 11 is 0. The van der Waals surface area contributed by atoms with E-state index in [-0.39, 0.29) is 11.5 Å². The van der Waals surface area contributed by atoms with Crippen LogP contribution in [0.1, 0.15) is 40.9 Å². The van der Waals surface area contributed by atoms with Crippen LogP contribution in [-0.2, 0) is 19.5 Å². The number of hydrogen-bond acceptors (Lipinski definition) is 5. The zero-order valence-electron chi connectivity index (χ0n) is 19.5. The standard InChI is InChI=1S/C26H33N3O4/c1-32-21-10-8-19(9-11-21)17-27-26(31)25-22-12-13-28(18-20-6-4-3-5-7-20)14-15-29(22)24(30)16-23(25)33-2/h3-4,8-11,16,20H,5-7,12-15,17-18H2,1-2H3,(H,27,31). The highest BCUT2D eigenvalue weighted by Crippen LogP contribution is 2.25. The normalized spacial score (nSPS) is 18.3. The summed E-state index contributed by atoms with van der Waals surface area (Å²) in [6.07, 6.45) is 8.66. The number of amides is 1. The maximum atomic E-state index is 13.3. The summed E-state index contributed by atoms with van der Waals surface area (Å²) in [4.78, 5) is 28.5. The highest BCUT2D eigenvalue weighted by Gasteiger charge is 2.26. The van der Waals surface area contributed by atoms with Crippen molar-refractivity contribution < 1.29 is 14.3 Å². The number of allylic oxidation sites excluding steroid dienone is 2. The first-order chi connectivity index (χ1) is 16.1. The van der Waals surface area contributed by atoms with E-state index >= 15 is 0 Å². The molecule has 1 amide bonds. The van der Waals surface area contributed by atoms with Crippen LogP contribution < -0.4 is 20.3 Å². The van der Waals surface area contributed by atoms with Crippen LogP contribution in [0.15, 0.2) is 47.3 Å². The van der Waals surface area contributed by atoms with Crippen molar-refractivity contribution >= 4 is 5.91 Å². The van der Waals surface area contributed by atoms with Gasteiger partial charge < -0.3 is 24.3 Å². The van der Waals surface area contributed by atoms with E-state index in [0.29, 0.717) is 36.7 Å². The molecule has 176 valence electrons. The van der Waals surface area contributed by atoms with Crippen molar-refractivity contribution in [2.75, 3.05) is 33.9 Å². The van der Waals surface area contributed by atoms with Gasteiger partial charge in [-0.05, 0) is 42.9 Å². The van der Waals surface area contributed by atoms with Crippen molar-refractivity contribution in [3.05, 3.63) is 69.7 Å². The Morgan fingerprint density at radius 2 is 1.91 bits per heavy atom. The van der Waals surface area contributed by atoms with Gasteiger partial charge in [0.2, 0.25) is 0 Å². The Labute approximate surface area is 195 Å². The number of rotatable bonds is 7. The maximum Gasteiger partial charge on any atom is 0.257 e. The molecule has 0 saturated heterocycles. The second-order valence-corrected chi connectivity index (χ2v) is 8.76. The van der Waals surface area contributed by atoms with E-state index in [1.54, 1.807) is 11.7 Å². The van der Waals surface area contributed by atoms with Crippen molar-refractivity contribution in [3.8, 4) is 11.5 Å². The van der Waals surface area contributed by atoms with Gasteiger partial charge in [0, 0.05) is 50.9 Å². The summed E-state index contributed by atoms with van der Waals surface area (Å²) < 4.78 is 12.4. The van der Waals surface area contributed by atoms with Crippen LogP contribution in [0.4, 0.5) is 0 Å². The average Bonchev–Trinajstić information content (AvgIpc) is 3.06. The molecular formula is C26H33N3O4. The topological polar surface area (TPSA) is 72.8 Å². The predicted molar refractivity (Wildman–Crippen MR) is 128 cm³/mol. The number of fused-ring (bicyclic) bond motifs is 1. The second kappa shape index (κ2) is 10.7. The van der Waals surface area contributed by atoms with Gasteiger partial charge >= 0.3 is 0 Å². The lowest BCUT2D eigenvalue weighted by Gasteiger charge is -2.26. The van der Waals surface area contributed by atoms with E-state index in [9.17, 15) is 9.59 Å². The van der Waals surface area contributed by atoms with Crippen LogP contribution in [0.2, 0.25) is 0 Å². The van der Waals surface area contributed by atoms with Gasteiger partial charge in [0.05, 0.1) is 14.2 Å². The van der Waals surface area contributed by atoms with E-state index < -0.39 is 0 Å². The van der Waals surface area contributed by atoms with E-state index in [0.717, 1.165) is 49.5 Å². The molecular weight excluding hydrogens is 418 g/mol. The molecule has 4 rings (SSSR count). The van der Waals surface area contributed by atoms with E-state index in [2.05, 4.69) is 22.4 Å². The minimum Gasteiger partial charge on any atom is -0.497 e.